The lowest BCUT2D eigenvalue weighted by Crippen LogP contribution is -2.53. The molecule has 2 rings (SSSR count). The highest BCUT2D eigenvalue weighted by Crippen LogP contribution is 2.21. The van der Waals surface area contributed by atoms with Crippen LogP contribution in [0.3, 0.4) is 0 Å². The third kappa shape index (κ3) is 3.61. The molecule has 0 spiro atoms. The van der Waals surface area contributed by atoms with E-state index in [2.05, 4.69) is 5.32 Å². The van der Waals surface area contributed by atoms with E-state index in [1.165, 1.54) is 0 Å². The standard InChI is InChI=1S/C14H19ClN2O2/c1-10-7-12(15)3-4-13(10)19-9-14(18)17-6-5-16-8-11(17)2/h3-4,7,11,16H,5-6,8-9H2,1-2H3/t11-/m0/s1. The number of halogens is 1. The van der Waals surface area contributed by atoms with E-state index in [0.717, 1.165) is 25.2 Å². The molecule has 1 N–H and O–H groups in total. The second-order valence-electron chi connectivity index (χ2n) is 4.84. The van der Waals surface area contributed by atoms with Crippen molar-refractivity contribution in [3.63, 3.8) is 0 Å². The minimum atomic E-state index is 0.0309. The van der Waals surface area contributed by atoms with Crippen molar-refractivity contribution in [1.82, 2.24) is 10.2 Å². The molecule has 0 aromatic heterocycles. The molecular formula is C14H19ClN2O2. The molecule has 1 saturated heterocycles. The third-order valence-electron chi connectivity index (χ3n) is 3.31. The summed E-state index contributed by atoms with van der Waals surface area (Å²) in [4.78, 5) is 14.0. The molecule has 0 radical (unpaired) electrons. The SMILES string of the molecule is Cc1cc(Cl)ccc1OCC(=O)N1CCNC[C@@H]1C. The molecule has 1 aromatic carbocycles. The summed E-state index contributed by atoms with van der Waals surface area (Å²) in [7, 11) is 0. The van der Waals surface area contributed by atoms with Crippen LogP contribution in [0.1, 0.15) is 12.5 Å². The molecule has 0 aliphatic carbocycles. The Morgan fingerprint density at radius 3 is 3.05 bits per heavy atom. The zero-order valence-electron chi connectivity index (χ0n) is 11.3. The summed E-state index contributed by atoms with van der Waals surface area (Å²) in [5, 5.41) is 3.93. The first-order valence-electron chi connectivity index (χ1n) is 6.47. The predicted molar refractivity (Wildman–Crippen MR) is 75.7 cm³/mol. The highest BCUT2D eigenvalue weighted by atomic mass is 35.5. The van der Waals surface area contributed by atoms with Crippen LogP contribution in [0.5, 0.6) is 5.75 Å². The van der Waals surface area contributed by atoms with E-state index in [1.807, 2.05) is 24.8 Å². The summed E-state index contributed by atoms with van der Waals surface area (Å²) in [5.41, 5.74) is 0.939. The molecule has 1 aliphatic rings. The zero-order valence-corrected chi connectivity index (χ0v) is 12.0. The average molecular weight is 283 g/mol. The van der Waals surface area contributed by atoms with Gasteiger partial charge < -0.3 is 15.0 Å². The number of nitrogens with one attached hydrogen (secondary N) is 1. The second-order valence-corrected chi connectivity index (χ2v) is 5.28. The lowest BCUT2D eigenvalue weighted by Gasteiger charge is -2.33. The van der Waals surface area contributed by atoms with Crippen LogP contribution < -0.4 is 10.1 Å². The average Bonchev–Trinajstić information content (AvgIpc) is 2.38. The first-order chi connectivity index (χ1) is 9.08. The largest absolute Gasteiger partial charge is 0.483 e. The lowest BCUT2D eigenvalue weighted by molar-refractivity contribution is -0.136. The number of amides is 1. The van der Waals surface area contributed by atoms with Crippen LogP contribution in [0.15, 0.2) is 18.2 Å². The summed E-state index contributed by atoms with van der Waals surface area (Å²) < 4.78 is 5.58. The zero-order chi connectivity index (χ0) is 13.8. The Morgan fingerprint density at radius 1 is 1.58 bits per heavy atom. The van der Waals surface area contributed by atoms with Crippen LogP contribution in [-0.2, 0) is 4.79 Å². The molecule has 1 heterocycles. The minimum Gasteiger partial charge on any atom is -0.483 e. The van der Waals surface area contributed by atoms with Crippen LogP contribution >= 0.6 is 11.6 Å². The van der Waals surface area contributed by atoms with Crippen LogP contribution in [0.25, 0.3) is 0 Å². The molecule has 0 saturated carbocycles. The van der Waals surface area contributed by atoms with Gasteiger partial charge in [0.15, 0.2) is 6.61 Å². The van der Waals surface area contributed by atoms with Crippen molar-refractivity contribution in [3.8, 4) is 5.75 Å². The summed E-state index contributed by atoms with van der Waals surface area (Å²) >= 11 is 5.88. The Morgan fingerprint density at radius 2 is 2.37 bits per heavy atom. The first kappa shape index (κ1) is 14.2. The molecular weight excluding hydrogens is 264 g/mol. The van der Waals surface area contributed by atoms with Crippen molar-refractivity contribution in [3.05, 3.63) is 28.8 Å². The molecule has 1 atom stereocenters. The van der Waals surface area contributed by atoms with Crippen molar-refractivity contribution in [2.24, 2.45) is 0 Å². The smallest absolute Gasteiger partial charge is 0.260 e. The Bertz CT molecular complexity index is 465. The fourth-order valence-corrected chi connectivity index (χ4v) is 2.44. The maximum absolute atomic E-state index is 12.1. The van der Waals surface area contributed by atoms with E-state index in [1.54, 1.807) is 12.1 Å². The van der Waals surface area contributed by atoms with Crippen LogP contribution in [0, 0.1) is 6.92 Å². The van der Waals surface area contributed by atoms with Crippen molar-refractivity contribution < 1.29 is 9.53 Å². The number of carbonyl (C=O) groups excluding carboxylic acids is 1. The predicted octanol–water partition coefficient (Wildman–Crippen LogP) is 1.85. The normalized spacial score (nSPS) is 19.3. The second kappa shape index (κ2) is 6.26. The molecule has 1 fully saturated rings. The number of benzene rings is 1. The molecule has 1 aromatic rings. The van der Waals surface area contributed by atoms with E-state index in [0.29, 0.717) is 10.8 Å². The fourth-order valence-electron chi connectivity index (χ4n) is 2.21. The molecule has 1 aliphatic heterocycles. The Balaban J connectivity index is 1.92. The van der Waals surface area contributed by atoms with Gasteiger partial charge in [0.1, 0.15) is 5.75 Å². The number of nitrogens with zero attached hydrogens (tertiary/aromatic N) is 1. The Labute approximate surface area is 118 Å². The highest BCUT2D eigenvalue weighted by molar-refractivity contribution is 6.30. The number of hydrogen-bond acceptors (Lipinski definition) is 3. The van der Waals surface area contributed by atoms with Crippen molar-refractivity contribution in [1.29, 1.82) is 0 Å². The quantitative estimate of drug-likeness (QED) is 0.920. The fraction of sp³-hybridized carbons (Fsp3) is 0.500. The van der Waals surface area contributed by atoms with Gasteiger partial charge in [-0.25, -0.2) is 0 Å². The van der Waals surface area contributed by atoms with E-state index >= 15 is 0 Å². The summed E-state index contributed by atoms with van der Waals surface area (Å²) in [6, 6.07) is 5.61. The van der Waals surface area contributed by atoms with E-state index in [-0.39, 0.29) is 18.6 Å². The van der Waals surface area contributed by atoms with Crippen molar-refractivity contribution in [2.45, 2.75) is 19.9 Å². The molecule has 1 amide bonds. The van der Waals surface area contributed by atoms with Gasteiger partial charge in [-0.2, -0.15) is 0 Å². The van der Waals surface area contributed by atoms with Crippen LogP contribution in [-0.4, -0.2) is 43.1 Å². The van der Waals surface area contributed by atoms with Gasteiger partial charge in [0.05, 0.1) is 0 Å². The van der Waals surface area contributed by atoms with Crippen molar-refractivity contribution in [2.75, 3.05) is 26.2 Å². The van der Waals surface area contributed by atoms with Gasteiger partial charge in [-0.3, -0.25) is 4.79 Å². The van der Waals surface area contributed by atoms with Crippen LogP contribution in [0.2, 0.25) is 5.02 Å². The number of hydrogen-bond donors (Lipinski definition) is 1. The minimum absolute atomic E-state index is 0.0309. The van der Waals surface area contributed by atoms with Gasteiger partial charge in [0, 0.05) is 30.7 Å². The van der Waals surface area contributed by atoms with Gasteiger partial charge >= 0.3 is 0 Å². The highest BCUT2D eigenvalue weighted by Gasteiger charge is 2.23. The molecule has 0 bridgehead atoms. The van der Waals surface area contributed by atoms with Crippen LogP contribution in [0.4, 0.5) is 0 Å². The Kier molecular flexibility index (Phi) is 4.66. The number of carbonyl (C=O) groups is 1. The van der Waals surface area contributed by atoms with Gasteiger partial charge in [-0.15, -0.1) is 0 Å². The Hall–Kier alpha value is -1.26. The first-order valence-corrected chi connectivity index (χ1v) is 6.85. The van der Waals surface area contributed by atoms with Crippen molar-refractivity contribution >= 4 is 17.5 Å². The van der Waals surface area contributed by atoms with E-state index in [9.17, 15) is 4.79 Å². The molecule has 104 valence electrons. The third-order valence-corrected chi connectivity index (χ3v) is 3.54. The topological polar surface area (TPSA) is 41.6 Å². The summed E-state index contributed by atoms with van der Waals surface area (Å²) in [6.45, 7) is 6.45. The number of rotatable bonds is 3. The number of piperazine rings is 1. The van der Waals surface area contributed by atoms with Gasteiger partial charge in [0.25, 0.3) is 5.91 Å². The van der Waals surface area contributed by atoms with Gasteiger partial charge in [-0.1, -0.05) is 11.6 Å². The maximum atomic E-state index is 12.1. The van der Waals surface area contributed by atoms with E-state index < -0.39 is 0 Å². The monoisotopic (exact) mass is 282 g/mol. The molecule has 0 unspecified atom stereocenters. The van der Waals surface area contributed by atoms with E-state index in [4.69, 9.17) is 16.3 Å². The lowest BCUT2D eigenvalue weighted by atomic mass is 10.2. The summed E-state index contributed by atoms with van der Waals surface area (Å²) in [6.07, 6.45) is 0. The molecule has 4 nitrogen and oxygen atoms in total. The maximum Gasteiger partial charge on any atom is 0.260 e. The summed E-state index contributed by atoms with van der Waals surface area (Å²) in [5.74, 6) is 0.740. The number of ether oxygens (including phenoxy) is 1. The number of aryl methyl sites for hydroxylation is 1. The molecule has 5 heteroatoms. The molecule has 19 heavy (non-hydrogen) atoms. The van der Waals surface area contributed by atoms with Gasteiger partial charge in [-0.05, 0) is 37.6 Å². The van der Waals surface area contributed by atoms with Gasteiger partial charge in [0.2, 0.25) is 0 Å².